The Balaban J connectivity index is 1.56. The molecule has 0 aromatic heterocycles. The van der Waals surface area contributed by atoms with Crippen LogP contribution in [0.3, 0.4) is 0 Å². The van der Waals surface area contributed by atoms with Gasteiger partial charge in [0.05, 0.1) is 6.10 Å². The molecule has 5 rings (SSSR count). The quantitative estimate of drug-likeness (QED) is 0.852. The molecule has 1 atom stereocenters. The summed E-state index contributed by atoms with van der Waals surface area (Å²) >= 11 is 0. The summed E-state index contributed by atoms with van der Waals surface area (Å²) in [6, 6.07) is 10.5. The molecular formula is C20H28N2O2. The molecule has 1 amide bonds. The summed E-state index contributed by atoms with van der Waals surface area (Å²) in [5.41, 5.74) is 1.01. The lowest BCUT2D eigenvalue weighted by Crippen LogP contribution is -2.44. The van der Waals surface area contributed by atoms with Gasteiger partial charge in [0.2, 0.25) is 0 Å². The fourth-order valence-electron chi connectivity index (χ4n) is 4.45. The SMILES string of the molecule is O=C(C(OC1CCCC1)c1ccccc1)N1CCN2CCC1CC2. The minimum atomic E-state index is -0.429. The average Bonchev–Trinajstić information content (AvgIpc) is 2.97. The molecule has 4 nitrogen and oxygen atoms in total. The molecule has 3 saturated heterocycles. The molecule has 4 aliphatic rings. The number of ether oxygens (including phenoxy) is 1. The first-order valence-electron chi connectivity index (χ1n) is 9.54. The molecule has 3 aliphatic heterocycles. The maximum absolute atomic E-state index is 13.4. The van der Waals surface area contributed by atoms with E-state index in [4.69, 9.17) is 4.74 Å². The Morgan fingerprint density at radius 2 is 1.67 bits per heavy atom. The second-order valence-electron chi connectivity index (χ2n) is 7.44. The summed E-state index contributed by atoms with van der Waals surface area (Å²) in [4.78, 5) is 18.0. The lowest BCUT2D eigenvalue weighted by molar-refractivity contribution is -0.150. The topological polar surface area (TPSA) is 32.8 Å². The second-order valence-corrected chi connectivity index (χ2v) is 7.44. The van der Waals surface area contributed by atoms with Crippen molar-refractivity contribution in [3.05, 3.63) is 35.9 Å². The van der Waals surface area contributed by atoms with Crippen molar-refractivity contribution in [3.8, 4) is 0 Å². The summed E-state index contributed by atoms with van der Waals surface area (Å²) in [6.07, 6.45) is 6.66. The van der Waals surface area contributed by atoms with Gasteiger partial charge in [-0.2, -0.15) is 0 Å². The van der Waals surface area contributed by atoms with Gasteiger partial charge >= 0.3 is 0 Å². The van der Waals surface area contributed by atoms with E-state index in [2.05, 4.69) is 9.80 Å². The lowest BCUT2D eigenvalue weighted by atomic mass is 10.0. The van der Waals surface area contributed by atoms with Crippen molar-refractivity contribution in [1.82, 2.24) is 9.80 Å². The third-order valence-corrected chi connectivity index (χ3v) is 5.90. The smallest absolute Gasteiger partial charge is 0.256 e. The Morgan fingerprint density at radius 3 is 2.38 bits per heavy atom. The molecule has 24 heavy (non-hydrogen) atoms. The van der Waals surface area contributed by atoms with Crippen LogP contribution in [0.1, 0.15) is 50.2 Å². The number of hydrogen-bond acceptors (Lipinski definition) is 3. The van der Waals surface area contributed by atoms with Crippen molar-refractivity contribution in [3.63, 3.8) is 0 Å². The van der Waals surface area contributed by atoms with E-state index in [1.165, 1.54) is 12.8 Å². The Kier molecular flexibility index (Phi) is 4.86. The molecule has 4 heteroatoms. The highest BCUT2D eigenvalue weighted by Gasteiger charge is 2.37. The molecular weight excluding hydrogens is 300 g/mol. The number of piperidine rings is 1. The fourth-order valence-corrected chi connectivity index (χ4v) is 4.45. The van der Waals surface area contributed by atoms with Crippen molar-refractivity contribution in [2.45, 2.75) is 56.8 Å². The average molecular weight is 328 g/mol. The first kappa shape index (κ1) is 16.1. The second kappa shape index (κ2) is 7.24. The number of nitrogens with zero attached hydrogens (tertiary/aromatic N) is 2. The van der Waals surface area contributed by atoms with E-state index in [9.17, 15) is 4.79 Å². The van der Waals surface area contributed by atoms with E-state index in [0.29, 0.717) is 6.04 Å². The predicted octanol–water partition coefficient (Wildman–Crippen LogP) is 2.99. The molecule has 1 aliphatic carbocycles. The van der Waals surface area contributed by atoms with Gasteiger partial charge in [-0.15, -0.1) is 0 Å². The molecule has 0 spiro atoms. The summed E-state index contributed by atoms with van der Waals surface area (Å²) < 4.78 is 6.35. The van der Waals surface area contributed by atoms with E-state index in [-0.39, 0.29) is 12.0 Å². The van der Waals surface area contributed by atoms with Crippen LogP contribution >= 0.6 is 0 Å². The number of fused-ring (bicyclic) bond motifs is 4. The third-order valence-electron chi connectivity index (χ3n) is 5.90. The molecule has 130 valence electrons. The first-order valence-corrected chi connectivity index (χ1v) is 9.54. The molecule has 1 saturated carbocycles. The van der Waals surface area contributed by atoms with Crippen molar-refractivity contribution in [1.29, 1.82) is 0 Å². The summed E-state index contributed by atoms with van der Waals surface area (Å²) in [5.74, 6) is 0.182. The van der Waals surface area contributed by atoms with Gasteiger partial charge in [-0.3, -0.25) is 4.79 Å². The van der Waals surface area contributed by atoms with E-state index >= 15 is 0 Å². The number of benzene rings is 1. The van der Waals surface area contributed by atoms with E-state index in [0.717, 1.165) is 57.4 Å². The zero-order valence-electron chi connectivity index (χ0n) is 14.4. The van der Waals surface area contributed by atoms with Crippen LogP contribution in [-0.4, -0.2) is 54.0 Å². The van der Waals surface area contributed by atoms with Gasteiger partial charge in [0, 0.05) is 32.2 Å². The highest BCUT2D eigenvalue weighted by atomic mass is 16.5. The maximum atomic E-state index is 13.4. The number of carbonyl (C=O) groups is 1. The van der Waals surface area contributed by atoms with Crippen LogP contribution in [0.15, 0.2) is 30.3 Å². The summed E-state index contributed by atoms with van der Waals surface area (Å²) in [7, 11) is 0. The number of hydrogen-bond donors (Lipinski definition) is 0. The largest absolute Gasteiger partial charge is 0.360 e. The van der Waals surface area contributed by atoms with Crippen LogP contribution in [0.5, 0.6) is 0 Å². The number of amides is 1. The van der Waals surface area contributed by atoms with Gasteiger partial charge in [0.1, 0.15) is 0 Å². The molecule has 0 N–H and O–H groups in total. The predicted molar refractivity (Wildman–Crippen MR) is 93.7 cm³/mol. The lowest BCUT2D eigenvalue weighted by Gasteiger charge is -2.34. The molecule has 3 heterocycles. The first-order chi connectivity index (χ1) is 11.8. The van der Waals surface area contributed by atoms with Crippen molar-refractivity contribution in [2.75, 3.05) is 26.2 Å². The molecule has 1 unspecified atom stereocenters. The van der Waals surface area contributed by atoms with Crippen molar-refractivity contribution < 1.29 is 9.53 Å². The van der Waals surface area contributed by atoms with Crippen molar-refractivity contribution >= 4 is 5.91 Å². The molecule has 4 fully saturated rings. The minimum Gasteiger partial charge on any atom is -0.360 e. The van der Waals surface area contributed by atoms with Crippen LogP contribution in [0, 0.1) is 0 Å². The zero-order chi connectivity index (χ0) is 16.4. The van der Waals surface area contributed by atoms with Crippen LogP contribution in [-0.2, 0) is 9.53 Å². The Morgan fingerprint density at radius 1 is 0.958 bits per heavy atom. The zero-order valence-corrected chi connectivity index (χ0v) is 14.4. The highest BCUT2D eigenvalue weighted by molar-refractivity contribution is 5.82. The monoisotopic (exact) mass is 328 g/mol. The van der Waals surface area contributed by atoms with Crippen LogP contribution in [0.2, 0.25) is 0 Å². The van der Waals surface area contributed by atoms with Gasteiger partial charge in [-0.1, -0.05) is 43.2 Å². The van der Waals surface area contributed by atoms with Crippen molar-refractivity contribution in [2.24, 2.45) is 0 Å². The van der Waals surface area contributed by atoms with E-state index in [1.54, 1.807) is 0 Å². The Labute approximate surface area is 144 Å². The van der Waals surface area contributed by atoms with E-state index < -0.39 is 6.10 Å². The molecule has 0 radical (unpaired) electrons. The van der Waals surface area contributed by atoms with Gasteiger partial charge in [0.25, 0.3) is 5.91 Å². The van der Waals surface area contributed by atoms with Gasteiger partial charge in [-0.25, -0.2) is 0 Å². The van der Waals surface area contributed by atoms with Crippen LogP contribution in [0.25, 0.3) is 0 Å². The van der Waals surface area contributed by atoms with Gasteiger partial charge in [-0.05, 0) is 31.2 Å². The number of carbonyl (C=O) groups excluding carboxylic acids is 1. The summed E-state index contributed by atoms with van der Waals surface area (Å²) in [6.45, 7) is 4.12. The van der Waals surface area contributed by atoms with Crippen LogP contribution < -0.4 is 0 Å². The summed E-state index contributed by atoms with van der Waals surface area (Å²) in [5, 5.41) is 0. The van der Waals surface area contributed by atoms with E-state index in [1.807, 2.05) is 30.3 Å². The normalized spacial score (nSPS) is 28.8. The van der Waals surface area contributed by atoms with Crippen LogP contribution in [0.4, 0.5) is 0 Å². The maximum Gasteiger partial charge on any atom is 0.256 e. The Hall–Kier alpha value is -1.39. The van der Waals surface area contributed by atoms with Gasteiger partial charge < -0.3 is 14.5 Å². The highest BCUT2D eigenvalue weighted by Crippen LogP contribution is 2.31. The minimum absolute atomic E-state index is 0.182. The molecule has 1 aromatic carbocycles. The standard InChI is InChI=1S/C20H28N2O2/c23-20(22-15-14-21-12-10-17(22)11-13-21)19(16-6-2-1-3-7-16)24-18-8-4-5-9-18/h1-3,6-7,17-19H,4-5,8-15H2. The molecule has 2 bridgehead atoms. The third kappa shape index (κ3) is 3.35. The number of rotatable bonds is 4. The Bertz CT molecular complexity index is 548. The molecule has 1 aromatic rings. The van der Waals surface area contributed by atoms with Gasteiger partial charge in [0.15, 0.2) is 6.10 Å². The fraction of sp³-hybridized carbons (Fsp3) is 0.650.